The third kappa shape index (κ3) is 3.07. The summed E-state index contributed by atoms with van der Waals surface area (Å²) < 4.78 is 11.2. The fraction of sp³-hybridized carbons (Fsp3) is 0.333. The zero-order valence-electron chi connectivity index (χ0n) is 15.8. The lowest BCUT2D eigenvalue weighted by molar-refractivity contribution is -0.127. The van der Waals surface area contributed by atoms with Crippen molar-refractivity contribution >= 4 is 22.6 Å². The molecule has 1 aliphatic heterocycles. The first-order valence-electron chi connectivity index (χ1n) is 9.45. The predicted molar refractivity (Wildman–Crippen MR) is 105 cm³/mol. The molecule has 1 fully saturated rings. The molecule has 3 heterocycles. The number of fused-ring (bicyclic) bond motifs is 1. The number of likely N-dealkylation sites (tertiary alicyclic amines) is 1. The Bertz CT molecular complexity index is 1030. The minimum atomic E-state index is -0.523. The summed E-state index contributed by atoms with van der Waals surface area (Å²) in [5, 5.41) is 0.584. The van der Waals surface area contributed by atoms with Gasteiger partial charge in [0.2, 0.25) is 0 Å². The molecule has 4 rings (SSSR count). The number of Topliss-reactive ketones (excluding diaryl/α,β-unsaturated/α-hetero) is 1. The van der Waals surface area contributed by atoms with Crippen molar-refractivity contribution in [2.24, 2.45) is 5.73 Å². The molecule has 7 heteroatoms. The summed E-state index contributed by atoms with van der Waals surface area (Å²) >= 11 is 0. The van der Waals surface area contributed by atoms with Gasteiger partial charge in [0.05, 0.1) is 30.1 Å². The highest BCUT2D eigenvalue weighted by Crippen LogP contribution is 2.37. The maximum Gasteiger partial charge on any atom is 0.295 e. The Morgan fingerprint density at radius 2 is 1.96 bits per heavy atom. The van der Waals surface area contributed by atoms with Gasteiger partial charge in [0.25, 0.3) is 11.7 Å². The molecule has 7 nitrogen and oxygen atoms in total. The van der Waals surface area contributed by atoms with Crippen molar-refractivity contribution in [3.63, 3.8) is 0 Å². The molecule has 28 heavy (non-hydrogen) atoms. The Morgan fingerprint density at radius 3 is 2.64 bits per heavy atom. The number of ether oxygens (including phenoxy) is 1. The normalized spacial score (nSPS) is 14.4. The van der Waals surface area contributed by atoms with E-state index >= 15 is 0 Å². The number of furan rings is 1. The number of piperidine rings is 1. The van der Waals surface area contributed by atoms with E-state index in [2.05, 4.69) is 4.98 Å². The average molecular weight is 381 g/mol. The molecule has 146 valence electrons. The largest absolute Gasteiger partial charge is 0.496 e. The number of amides is 1. The standard InChI is InChI=1S/C21H23N3O4/c1-27-17-8-6-14(16-7-5-13(11-22)28-16)19-18(17)15(12-23-19)20(25)21(26)24-9-3-2-4-10-24/h5-8,12,23H,2-4,9-11,22H2,1H3. The summed E-state index contributed by atoms with van der Waals surface area (Å²) in [4.78, 5) is 30.5. The summed E-state index contributed by atoms with van der Waals surface area (Å²) in [5.41, 5.74) is 7.42. The lowest BCUT2D eigenvalue weighted by Gasteiger charge is -2.25. The summed E-state index contributed by atoms with van der Waals surface area (Å²) in [6.07, 6.45) is 4.54. The average Bonchev–Trinajstić information content (AvgIpc) is 3.40. The molecular formula is C21H23N3O4. The number of nitrogens with zero attached hydrogens (tertiary/aromatic N) is 1. The number of rotatable bonds is 5. The van der Waals surface area contributed by atoms with Crippen molar-refractivity contribution in [1.29, 1.82) is 0 Å². The van der Waals surface area contributed by atoms with Crippen LogP contribution in [0.3, 0.4) is 0 Å². The van der Waals surface area contributed by atoms with Crippen molar-refractivity contribution in [3.05, 3.63) is 41.8 Å². The number of nitrogens with one attached hydrogen (secondary N) is 1. The van der Waals surface area contributed by atoms with Gasteiger partial charge < -0.3 is 24.8 Å². The summed E-state index contributed by atoms with van der Waals surface area (Å²) in [6, 6.07) is 7.29. The smallest absolute Gasteiger partial charge is 0.295 e. The number of ketones is 1. The van der Waals surface area contributed by atoms with Crippen molar-refractivity contribution in [2.45, 2.75) is 25.8 Å². The van der Waals surface area contributed by atoms with Gasteiger partial charge in [-0.2, -0.15) is 0 Å². The SMILES string of the molecule is COc1ccc(-c2ccc(CN)o2)c2[nH]cc(C(=O)C(=O)N3CCCCC3)c12. The fourth-order valence-electron chi connectivity index (χ4n) is 3.76. The van der Waals surface area contributed by atoms with E-state index in [-0.39, 0.29) is 0 Å². The molecule has 1 amide bonds. The van der Waals surface area contributed by atoms with Gasteiger partial charge in [0.1, 0.15) is 17.3 Å². The Balaban J connectivity index is 1.78. The van der Waals surface area contributed by atoms with Crippen LogP contribution in [0.1, 0.15) is 35.4 Å². The fourth-order valence-corrected chi connectivity index (χ4v) is 3.76. The third-order valence-electron chi connectivity index (χ3n) is 5.23. The quantitative estimate of drug-likeness (QED) is 0.522. The van der Waals surface area contributed by atoms with Gasteiger partial charge in [-0.3, -0.25) is 9.59 Å². The van der Waals surface area contributed by atoms with Crippen molar-refractivity contribution in [3.8, 4) is 17.1 Å². The molecular weight excluding hydrogens is 358 g/mol. The summed E-state index contributed by atoms with van der Waals surface area (Å²) in [6.45, 7) is 1.56. The molecule has 0 spiro atoms. The predicted octanol–water partition coefficient (Wildman–Crippen LogP) is 3.09. The van der Waals surface area contributed by atoms with Crippen LogP contribution in [-0.4, -0.2) is 41.8 Å². The minimum absolute atomic E-state index is 0.304. The number of carbonyl (C=O) groups excluding carboxylic acids is 2. The van der Waals surface area contributed by atoms with Crippen molar-refractivity contribution in [1.82, 2.24) is 9.88 Å². The number of hydrogen-bond donors (Lipinski definition) is 2. The van der Waals surface area contributed by atoms with Crippen molar-refractivity contribution < 1.29 is 18.7 Å². The highest BCUT2D eigenvalue weighted by molar-refractivity contribution is 6.45. The second-order valence-corrected chi connectivity index (χ2v) is 6.92. The molecule has 0 saturated carbocycles. The van der Waals surface area contributed by atoms with Gasteiger partial charge in [-0.05, 0) is 43.5 Å². The van der Waals surface area contributed by atoms with Crippen LogP contribution < -0.4 is 10.5 Å². The van der Waals surface area contributed by atoms with Crippen LogP contribution in [0.15, 0.2) is 34.9 Å². The summed E-state index contributed by atoms with van der Waals surface area (Å²) in [7, 11) is 1.54. The Hall–Kier alpha value is -3.06. The first-order valence-corrected chi connectivity index (χ1v) is 9.45. The van der Waals surface area contributed by atoms with Gasteiger partial charge in [-0.15, -0.1) is 0 Å². The number of benzene rings is 1. The molecule has 3 N–H and O–H groups in total. The molecule has 1 saturated heterocycles. The second kappa shape index (κ2) is 7.52. The van der Waals surface area contributed by atoms with Gasteiger partial charge in [0.15, 0.2) is 0 Å². The molecule has 2 aromatic heterocycles. The highest BCUT2D eigenvalue weighted by atomic mass is 16.5. The zero-order chi connectivity index (χ0) is 19.7. The van der Waals surface area contributed by atoms with Crippen LogP contribution >= 0.6 is 0 Å². The number of aromatic amines is 1. The van der Waals surface area contributed by atoms with Crippen LogP contribution in [0.4, 0.5) is 0 Å². The second-order valence-electron chi connectivity index (χ2n) is 6.92. The molecule has 0 radical (unpaired) electrons. The van der Waals surface area contributed by atoms with Crippen LogP contribution in [-0.2, 0) is 11.3 Å². The van der Waals surface area contributed by atoms with Gasteiger partial charge in [-0.1, -0.05) is 0 Å². The molecule has 0 unspecified atom stereocenters. The topological polar surface area (TPSA) is 102 Å². The highest BCUT2D eigenvalue weighted by Gasteiger charge is 2.28. The zero-order valence-corrected chi connectivity index (χ0v) is 15.8. The lowest BCUT2D eigenvalue weighted by Crippen LogP contribution is -2.40. The Kier molecular flexibility index (Phi) is 4.92. The van der Waals surface area contributed by atoms with Crippen LogP contribution in [0.2, 0.25) is 0 Å². The Labute approximate surface area is 162 Å². The van der Waals surface area contributed by atoms with Gasteiger partial charge in [-0.25, -0.2) is 0 Å². The van der Waals surface area contributed by atoms with E-state index in [1.54, 1.807) is 24.3 Å². The summed E-state index contributed by atoms with van der Waals surface area (Å²) in [5.74, 6) is 0.848. The van der Waals surface area contributed by atoms with E-state index in [0.717, 1.165) is 24.8 Å². The monoisotopic (exact) mass is 381 g/mol. The molecule has 0 aliphatic carbocycles. The van der Waals surface area contributed by atoms with E-state index in [4.69, 9.17) is 14.9 Å². The Morgan fingerprint density at radius 1 is 1.18 bits per heavy atom. The van der Waals surface area contributed by atoms with E-state index in [9.17, 15) is 9.59 Å². The maximum atomic E-state index is 13.0. The first-order chi connectivity index (χ1) is 13.6. The minimum Gasteiger partial charge on any atom is -0.496 e. The number of H-pyrrole nitrogens is 1. The van der Waals surface area contributed by atoms with E-state index in [1.165, 1.54) is 0 Å². The number of aromatic nitrogens is 1. The number of carbonyl (C=O) groups is 2. The lowest BCUT2D eigenvalue weighted by atomic mass is 10.0. The maximum absolute atomic E-state index is 13.0. The van der Waals surface area contributed by atoms with Crippen LogP contribution in [0.25, 0.3) is 22.2 Å². The van der Waals surface area contributed by atoms with Crippen LogP contribution in [0.5, 0.6) is 5.75 Å². The first kappa shape index (κ1) is 18.3. The van der Waals surface area contributed by atoms with E-state index in [1.807, 2.05) is 18.2 Å². The molecule has 0 atom stereocenters. The molecule has 0 bridgehead atoms. The van der Waals surface area contributed by atoms with Crippen molar-refractivity contribution in [2.75, 3.05) is 20.2 Å². The molecule has 1 aliphatic rings. The van der Waals surface area contributed by atoms with Gasteiger partial charge in [0, 0.05) is 24.8 Å². The van der Waals surface area contributed by atoms with Crippen LogP contribution in [0, 0.1) is 0 Å². The molecule has 1 aromatic carbocycles. The third-order valence-corrected chi connectivity index (χ3v) is 5.23. The van der Waals surface area contributed by atoms with Gasteiger partial charge >= 0.3 is 0 Å². The number of hydrogen-bond acceptors (Lipinski definition) is 5. The molecule has 3 aromatic rings. The van der Waals surface area contributed by atoms with E-state index in [0.29, 0.717) is 53.4 Å². The number of nitrogens with two attached hydrogens (primary N) is 1. The van der Waals surface area contributed by atoms with E-state index < -0.39 is 11.7 Å². The number of methoxy groups -OCH3 is 1.